The molecule has 0 fully saturated rings. The van der Waals surface area contributed by atoms with E-state index in [-0.39, 0.29) is 32.4 Å². The van der Waals surface area contributed by atoms with Gasteiger partial charge in [0, 0.05) is 33.8 Å². The molecular formula is C19H18ClN5O4. The summed E-state index contributed by atoms with van der Waals surface area (Å²) in [6.07, 6.45) is 4.29. The molecule has 0 aliphatic rings. The van der Waals surface area contributed by atoms with Gasteiger partial charge < -0.3 is 15.0 Å². The Labute approximate surface area is 169 Å². The van der Waals surface area contributed by atoms with E-state index in [1.54, 1.807) is 0 Å². The number of aromatic amines is 3. The molecule has 2 heterocycles. The smallest absolute Gasteiger partial charge is 0.272 e. The third-order valence-corrected chi connectivity index (χ3v) is 4.52. The Morgan fingerprint density at radius 1 is 1.10 bits per heavy atom. The maximum atomic E-state index is 12.5. The van der Waals surface area contributed by atoms with Crippen molar-refractivity contribution < 1.29 is 4.92 Å². The van der Waals surface area contributed by atoms with Crippen molar-refractivity contribution in [3.05, 3.63) is 88.0 Å². The first kappa shape index (κ1) is 20.3. The van der Waals surface area contributed by atoms with Crippen LogP contribution in [0.25, 0.3) is 12.2 Å². The van der Waals surface area contributed by atoms with Gasteiger partial charge in [-0.05, 0) is 18.2 Å². The zero-order valence-electron chi connectivity index (χ0n) is 15.9. The van der Waals surface area contributed by atoms with Gasteiger partial charge in [0.05, 0.1) is 16.9 Å². The van der Waals surface area contributed by atoms with Crippen molar-refractivity contribution in [2.75, 3.05) is 0 Å². The highest BCUT2D eigenvalue weighted by Gasteiger charge is 2.19. The first-order valence-corrected chi connectivity index (χ1v) is 8.98. The molecule has 2 aromatic heterocycles. The Bertz CT molecular complexity index is 1330. The van der Waals surface area contributed by atoms with Crippen molar-refractivity contribution in [3.63, 3.8) is 0 Å². The topological polar surface area (TPSA) is 138 Å². The minimum absolute atomic E-state index is 0.0369. The molecule has 3 N–H and O–H groups in total. The molecule has 0 saturated heterocycles. The van der Waals surface area contributed by atoms with Gasteiger partial charge in [-0.15, -0.1) is 0 Å². The van der Waals surface area contributed by atoms with E-state index < -0.39 is 16.0 Å². The van der Waals surface area contributed by atoms with Gasteiger partial charge in [-0.3, -0.25) is 19.7 Å². The van der Waals surface area contributed by atoms with Gasteiger partial charge in [-0.1, -0.05) is 32.4 Å². The number of halogens is 1. The minimum atomic E-state index is -0.578. The lowest BCUT2D eigenvalue weighted by Gasteiger charge is -2.16. The van der Waals surface area contributed by atoms with Gasteiger partial charge in [0.15, 0.2) is 0 Å². The monoisotopic (exact) mass is 415 g/mol. The Balaban J connectivity index is 2.16. The van der Waals surface area contributed by atoms with E-state index in [1.165, 1.54) is 36.7 Å². The molecule has 3 rings (SSSR count). The number of nitrogens with one attached hydrogen (secondary N) is 3. The van der Waals surface area contributed by atoms with Crippen LogP contribution < -0.4 is 21.8 Å². The molecule has 10 heteroatoms. The number of rotatable bonds is 3. The second-order valence-corrected chi connectivity index (χ2v) is 7.81. The van der Waals surface area contributed by atoms with Crippen LogP contribution in [-0.4, -0.2) is 24.9 Å². The Hall–Kier alpha value is -3.46. The van der Waals surface area contributed by atoms with Gasteiger partial charge >= 0.3 is 0 Å². The molecule has 0 saturated carbocycles. The minimum Gasteiger partial charge on any atom is -0.348 e. The van der Waals surface area contributed by atoms with Crippen molar-refractivity contribution in [1.29, 1.82) is 0 Å². The summed E-state index contributed by atoms with van der Waals surface area (Å²) in [7, 11) is 0. The fourth-order valence-electron chi connectivity index (χ4n) is 2.76. The normalized spacial score (nSPS) is 13.1. The summed E-state index contributed by atoms with van der Waals surface area (Å²) in [5, 5.41) is 11.1. The van der Waals surface area contributed by atoms with E-state index >= 15 is 0 Å². The van der Waals surface area contributed by atoms with Gasteiger partial charge in [0.1, 0.15) is 10.7 Å². The van der Waals surface area contributed by atoms with E-state index in [0.717, 1.165) is 5.69 Å². The number of nitrogens with zero attached hydrogens (tertiary/aromatic N) is 2. The molecule has 0 radical (unpaired) electrons. The molecule has 150 valence electrons. The average Bonchev–Trinajstić information content (AvgIpc) is 3.09. The Morgan fingerprint density at radius 3 is 2.31 bits per heavy atom. The van der Waals surface area contributed by atoms with Crippen LogP contribution in [0.4, 0.5) is 5.69 Å². The van der Waals surface area contributed by atoms with Crippen LogP contribution in [0.15, 0.2) is 34.1 Å². The maximum absolute atomic E-state index is 12.5. The fraction of sp³-hybridized carbons (Fsp3) is 0.211. The van der Waals surface area contributed by atoms with Crippen LogP contribution in [0.5, 0.6) is 0 Å². The molecule has 0 unspecified atom stereocenters. The molecule has 0 atom stereocenters. The quantitative estimate of drug-likeness (QED) is 0.437. The first-order chi connectivity index (χ1) is 13.6. The van der Waals surface area contributed by atoms with Gasteiger partial charge in [0.2, 0.25) is 0 Å². The molecule has 9 nitrogen and oxygen atoms in total. The zero-order valence-corrected chi connectivity index (χ0v) is 16.6. The Morgan fingerprint density at radius 2 is 1.72 bits per heavy atom. The number of benzene rings is 1. The summed E-state index contributed by atoms with van der Waals surface area (Å²) in [5.74, 6) is 0. The van der Waals surface area contributed by atoms with Crippen molar-refractivity contribution in [1.82, 2.24) is 19.9 Å². The summed E-state index contributed by atoms with van der Waals surface area (Å²) in [6.45, 7) is 5.98. The van der Waals surface area contributed by atoms with Crippen LogP contribution in [-0.2, 0) is 5.41 Å². The molecule has 0 aliphatic carbocycles. The summed E-state index contributed by atoms with van der Waals surface area (Å²) < 4.78 is 0. The molecule has 0 bridgehead atoms. The van der Waals surface area contributed by atoms with Crippen molar-refractivity contribution >= 4 is 29.4 Å². The predicted molar refractivity (Wildman–Crippen MR) is 109 cm³/mol. The number of H-pyrrole nitrogens is 3. The van der Waals surface area contributed by atoms with E-state index in [0.29, 0.717) is 5.69 Å². The molecular weight excluding hydrogens is 398 g/mol. The highest BCUT2D eigenvalue weighted by Crippen LogP contribution is 2.23. The van der Waals surface area contributed by atoms with Crippen LogP contribution in [0, 0.1) is 10.1 Å². The van der Waals surface area contributed by atoms with Crippen LogP contribution in [0.1, 0.15) is 37.7 Å². The largest absolute Gasteiger partial charge is 0.348 e. The van der Waals surface area contributed by atoms with E-state index in [9.17, 15) is 19.7 Å². The van der Waals surface area contributed by atoms with Crippen LogP contribution >= 0.6 is 11.6 Å². The lowest BCUT2D eigenvalue weighted by molar-refractivity contribution is -0.384. The third-order valence-electron chi connectivity index (χ3n) is 4.18. The first-order valence-electron chi connectivity index (χ1n) is 8.60. The second-order valence-electron chi connectivity index (χ2n) is 7.40. The van der Waals surface area contributed by atoms with Gasteiger partial charge in [-0.2, -0.15) is 0 Å². The second kappa shape index (κ2) is 7.51. The SMILES string of the molecule is CC(C)(C)c1[nH]cnc1/C=c1\[nH]c(=O)/c(=C/c2cc([N+](=O)[O-])ccc2Cl)[nH]c1=O. The van der Waals surface area contributed by atoms with E-state index in [2.05, 4.69) is 19.9 Å². The number of aromatic nitrogens is 4. The number of hydrogen-bond donors (Lipinski definition) is 3. The molecule has 0 aliphatic heterocycles. The standard InChI is InChI=1S/C19H18ClN5O4/c1-19(2,3)16-13(21-9-22-16)8-15-18(27)23-14(17(26)24-15)7-10-6-11(25(28)29)4-5-12(10)20/h4-9H,1-3H3,(H,21,22)(H,23,27)(H,24,26)/b14-7-,15-8-. The maximum Gasteiger partial charge on any atom is 0.272 e. The number of non-ortho nitro benzene ring substituents is 1. The lowest BCUT2D eigenvalue weighted by atomic mass is 9.90. The van der Waals surface area contributed by atoms with Crippen LogP contribution in [0.3, 0.4) is 0 Å². The molecule has 1 aromatic carbocycles. The molecule has 0 spiro atoms. The zero-order chi connectivity index (χ0) is 21.3. The van der Waals surface area contributed by atoms with Crippen LogP contribution in [0.2, 0.25) is 5.02 Å². The predicted octanol–water partition coefficient (Wildman–Crippen LogP) is 1.30. The highest BCUT2D eigenvalue weighted by atomic mass is 35.5. The number of nitro groups is 1. The molecule has 29 heavy (non-hydrogen) atoms. The van der Waals surface area contributed by atoms with Crippen molar-refractivity contribution in [2.24, 2.45) is 0 Å². The van der Waals surface area contributed by atoms with Crippen molar-refractivity contribution in [2.45, 2.75) is 26.2 Å². The Kier molecular flexibility index (Phi) is 5.25. The summed E-state index contributed by atoms with van der Waals surface area (Å²) in [4.78, 5) is 47.5. The van der Waals surface area contributed by atoms with Crippen molar-refractivity contribution in [3.8, 4) is 0 Å². The van der Waals surface area contributed by atoms with E-state index in [1.807, 2.05) is 20.8 Å². The highest BCUT2D eigenvalue weighted by molar-refractivity contribution is 6.32. The number of imidazole rings is 1. The summed E-state index contributed by atoms with van der Waals surface area (Å²) >= 11 is 6.05. The van der Waals surface area contributed by atoms with E-state index in [4.69, 9.17) is 11.6 Å². The summed E-state index contributed by atoms with van der Waals surface area (Å²) in [5.41, 5.74) is 0.0566. The van der Waals surface area contributed by atoms with Gasteiger partial charge in [-0.25, -0.2) is 4.98 Å². The fourth-order valence-corrected chi connectivity index (χ4v) is 2.93. The molecule has 3 aromatic rings. The summed E-state index contributed by atoms with van der Waals surface area (Å²) in [6, 6.07) is 3.83. The lowest BCUT2D eigenvalue weighted by Crippen LogP contribution is -2.46. The van der Waals surface area contributed by atoms with Gasteiger partial charge in [0.25, 0.3) is 16.8 Å². The molecule has 0 amide bonds. The number of hydrogen-bond acceptors (Lipinski definition) is 5. The number of nitro benzene ring substituents is 1. The average molecular weight is 416 g/mol. The third kappa shape index (κ3) is 4.35.